The number of nitrogens with two attached hydrogens (primary N) is 1. The smallest absolute Gasteiger partial charge is 0.0124 e. The maximum absolute atomic E-state index is 5.86. The first kappa shape index (κ1) is 9.47. The van der Waals surface area contributed by atoms with Crippen LogP contribution in [0.1, 0.15) is 32.1 Å². The molecule has 0 aromatic rings. The fourth-order valence-electron chi connectivity index (χ4n) is 3.34. The molecule has 0 aromatic heterocycles. The summed E-state index contributed by atoms with van der Waals surface area (Å²) >= 11 is 0. The minimum absolute atomic E-state index is 0.817. The van der Waals surface area contributed by atoms with E-state index in [1.165, 1.54) is 38.6 Å². The number of likely N-dealkylation sites (tertiary alicyclic amines) is 1. The Morgan fingerprint density at radius 3 is 2.85 bits per heavy atom. The van der Waals surface area contributed by atoms with Crippen LogP contribution in [0.3, 0.4) is 0 Å². The van der Waals surface area contributed by atoms with Crippen molar-refractivity contribution in [1.82, 2.24) is 4.90 Å². The molecule has 1 heterocycles. The molecule has 2 nitrogen and oxygen atoms in total. The van der Waals surface area contributed by atoms with E-state index in [0.717, 1.165) is 24.4 Å². The molecule has 76 valence electrons. The molecule has 1 saturated heterocycles. The van der Waals surface area contributed by atoms with Gasteiger partial charge < -0.3 is 10.6 Å². The summed E-state index contributed by atoms with van der Waals surface area (Å²) in [5.41, 5.74) is 5.86. The van der Waals surface area contributed by atoms with Gasteiger partial charge in [0, 0.05) is 6.04 Å². The number of hydrogen-bond donors (Lipinski definition) is 1. The largest absolute Gasteiger partial charge is 0.330 e. The Bertz CT molecular complexity index is 169. The van der Waals surface area contributed by atoms with E-state index in [4.69, 9.17) is 5.73 Å². The normalized spacial score (nSPS) is 41.5. The van der Waals surface area contributed by atoms with Crippen LogP contribution in [0.5, 0.6) is 0 Å². The van der Waals surface area contributed by atoms with Crippen molar-refractivity contribution in [1.29, 1.82) is 0 Å². The van der Waals surface area contributed by atoms with E-state index >= 15 is 0 Å². The Kier molecular flexibility index (Phi) is 2.89. The molecular weight excluding hydrogens is 160 g/mol. The van der Waals surface area contributed by atoms with Crippen molar-refractivity contribution in [2.75, 3.05) is 20.1 Å². The highest BCUT2D eigenvalue weighted by molar-refractivity contribution is 4.90. The van der Waals surface area contributed by atoms with Crippen LogP contribution in [-0.4, -0.2) is 31.1 Å². The van der Waals surface area contributed by atoms with Gasteiger partial charge in [0.25, 0.3) is 0 Å². The van der Waals surface area contributed by atoms with Crippen molar-refractivity contribution in [2.24, 2.45) is 17.6 Å². The molecular formula is C11H22N2. The van der Waals surface area contributed by atoms with Gasteiger partial charge in [-0.25, -0.2) is 0 Å². The van der Waals surface area contributed by atoms with Gasteiger partial charge in [0.2, 0.25) is 0 Å². The molecule has 0 aromatic carbocycles. The van der Waals surface area contributed by atoms with Crippen molar-refractivity contribution in [3.05, 3.63) is 0 Å². The molecule has 1 aliphatic carbocycles. The van der Waals surface area contributed by atoms with Gasteiger partial charge in [-0.05, 0) is 57.7 Å². The highest BCUT2D eigenvalue weighted by Gasteiger charge is 2.36. The van der Waals surface area contributed by atoms with E-state index in [0.29, 0.717) is 0 Å². The molecule has 1 saturated carbocycles. The summed E-state index contributed by atoms with van der Waals surface area (Å²) in [6.07, 6.45) is 6.98. The lowest BCUT2D eigenvalue weighted by Crippen LogP contribution is -2.36. The summed E-state index contributed by atoms with van der Waals surface area (Å²) in [5, 5.41) is 0. The van der Waals surface area contributed by atoms with Gasteiger partial charge in [-0.15, -0.1) is 0 Å². The summed E-state index contributed by atoms with van der Waals surface area (Å²) in [5.74, 6) is 1.73. The average molecular weight is 182 g/mol. The molecule has 2 fully saturated rings. The summed E-state index contributed by atoms with van der Waals surface area (Å²) in [6.45, 7) is 2.20. The predicted octanol–water partition coefficient (Wildman–Crippen LogP) is 1.46. The number of hydrogen-bond acceptors (Lipinski definition) is 2. The first-order valence-electron chi connectivity index (χ1n) is 5.73. The van der Waals surface area contributed by atoms with Gasteiger partial charge in [0.05, 0.1) is 0 Å². The fourth-order valence-corrected chi connectivity index (χ4v) is 3.34. The topological polar surface area (TPSA) is 29.3 Å². The van der Waals surface area contributed by atoms with Crippen LogP contribution in [0.15, 0.2) is 0 Å². The summed E-state index contributed by atoms with van der Waals surface area (Å²) in [7, 11) is 2.29. The maximum Gasteiger partial charge on any atom is 0.0124 e. The molecule has 13 heavy (non-hydrogen) atoms. The summed E-state index contributed by atoms with van der Waals surface area (Å²) in [4.78, 5) is 2.58. The third-order valence-corrected chi connectivity index (χ3v) is 4.09. The molecule has 0 bridgehead atoms. The van der Waals surface area contributed by atoms with Gasteiger partial charge >= 0.3 is 0 Å². The first-order valence-corrected chi connectivity index (χ1v) is 5.73. The van der Waals surface area contributed by atoms with Crippen LogP contribution in [0, 0.1) is 11.8 Å². The van der Waals surface area contributed by atoms with Crippen molar-refractivity contribution < 1.29 is 0 Å². The molecule has 3 atom stereocenters. The van der Waals surface area contributed by atoms with Gasteiger partial charge in [-0.1, -0.05) is 6.42 Å². The fraction of sp³-hybridized carbons (Fsp3) is 1.00. The van der Waals surface area contributed by atoms with Gasteiger partial charge in [-0.3, -0.25) is 0 Å². The zero-order chi connectivity index (χ0) is 9.26. The van der Waals surface area contributed by atoms with Crippen LogP contribution >= 0.6 is 0 Å². The SMILES string of the molecule is CN1CCCC(CN)C2CCCC21. The van der Waals surface area contributed by atoms with Crippen LogP contribution in [0.2, 0.25) is 0 Å². The maximum atomic E-state index is 5.86. The molecule has 2 rings (SSSR count). The molecule has 0 amide bonds. The van der Waals surface area contributed by atoms with E-state index in [2.05, 4.69) is 11.9 Å². The quantitative estimate of drug-likeness (QED) is 0.665. The molecule has 2 heteroatoms. The van der Waals surface area contributed by atoms with Crippen LogP contribution in [-0.2, 0) is 0 Å². The molecule has 2 N–H and O–H groups in total. The average Bonchev–Trinajstić information content (AvgIpc) is 2.55. The summed E-state index contributed by atoms with van der Waals surface area (Å²) in [6, 6.07) is 0.857. The highest BCUT2D eigenvalue weighted by Crippen LogP contribution is 2.38. The van der Waals surface area contributed by atoms with Crippen molar-refractivity contribution in [2.45, 2.75) is 38.1 Å². The third-order valence-electron chi connectivity index (χ3n) is 4.09. The Morgan fingerprint density at radius 1 is 1.23 bits per heavy atom. The van der Waals surface area contributed by atoms with E-state index in [-0.39, 0.29) is 0 Å². The molecule has 1 aliphatic heterocycles. The standard InChI is InChI=1S/C11H22N2/c1-13-7-3-4-9(8-12)10-5-2-6-11(10)13/h9-11H,2-8,12H2,1H3. The van der Waals surface area contributed by atoms with Gasteiger partial charge in [-0.2, -0.15) is 0 Å². The van der Waals surface area contributed by atoms with E-state index in [1.54, 1.807) is 0 Å². The zero-order valence-corrected chi connectivity index (χ0v) is 8.71. The zero-order valence-electron chi connectivity index (χ0n) is 8.71. The molecule has 2 aliphatic rings. The Balaban J connectivity index is 2.09. The van der Waals surface area contributed by atoms with Crippen LogP contribution in [0.25, 0.3) is 0 Å². The van der Waals surface area contributed by atoms with E-state index in [1.807, 2.05) is 0 Å². The Morgan fingerprint density at radius 2 is 2.08 bits per heavy atom. The minimum Gasteiger partial charge on any atom is -0.330 e. The Labute approximate surface area is 81.5 Å². The van der Waals surface area contributed by atoms with Gasteiger partial charge in [0.15, 0.2) is 0 Å². The van der Waals surface area contributed by atoms with Crippen LogP contribution < -0.4 is 5.73 Å². The molecule has 3 unspecified atom stereocenters. The molecule has 0 spiro atoms. The lowest BCUT2D eigenvalue weighted by atomic mass is 9.86. The van der Waals surface area contributed by atoms with E-state index < -0.39 is 0 Å². The summed E-state index contributed by atoms with van der Waals surface area (Å²) < 4.78 is 0. The number of rotatable bonds is 1. The number of nitrogens with zero attached hydrogens (tertiary/aromatic N) is 1. The molecule has 0 radical (unpaired) electrons. The monoisotopic (exact) mass is 182 g/mol. The number of fused-ring (bicyclic) bond motifs is 1. The second kappa shape index (κ2) is 3.97. The first-order chi connectivity index (χ1) is 6.33. The highest BCUT2D eigenvalue weighted by atomic mass is 15.1. The second-order valence-corrected chi connectivity index (χ2v) is 4.78. The predicted molar refractivity (Wildman–Crippen MR) is 55.5 cm³/mol. The second-order valence-electron chi connectivity index (χ2n) is 4.78. The van der Waals surface area contributed by atoms with E-state index in [9.17, 15) is 0 Å². The Hall–Kier alpha value is -0.0800. The third kappa shape index (κ3) is 1.75. The lowest BCUT2D eigenvalue weighted by molar-refractivity contribution is 0.190. The van der Waals surface area contributed by atoms with Gasteiger partial charge in [0.1, 0.15) is 0 Å². The van der Waals surface area contributed by atoms with Crippen molar-refractivity contribution in [3.63, 3.8) is 0 Å². The van der Waals surface area contributed by atoms with Crippen molar-refractivity contribution in [3.8, 4) is 0 Å². The van der Waals surface area contributed by atoms with Crippen LogP contribution in [0.4, 0.5) is 0 Å². The minimum atomic E-state index is 0.817. The van der Waals surface area contributed by atoms with Crippen molar-refractivity contribution >= 4 is 0 Å². The lowest BCUT2D eigenvalue weighted by Gasteiger charge is -2.29.